The molecular weight excluding hydrogens is 556 g/mol. The molecule has 0 aliphatic carbocycles. The Balaban J connectivity index is 1.00. The van der Waals surface area contributed by atoms with Gasteiger partial charge in [0.25, 0.3) is 11.8 Å². The Bertz CT molecular complexity index is 1920. The highest BCUT2D eigenvalue weighted by Crippen LogP contribution is 2.34. The van der Waals surface area contributed by atoms with Crippen LogP contribution < -0.4 is 0 Å². The molecule has 0 bridgehead atoms. The normalized spacial score (nSPS) is 21.8. The molecule has 10 heteroatoms. The van der Waals surface area contributed by atoms with Gasteiger partial charge in [0.1, 0.15) is 17.8 Å². The molecule has 3 aromatic heterocycles. The van der Waals surface area contributed by atoms with E-state index in [9.17, 15) is 9.59 Å². The fourth-order valence-electron chi connectivity index (χ4n) is 6.78. The summed E-state index contributed by atoms with van der Waals surface area (Å²) in [4.78, 5) is 46.4. The third-order valence-corrected chi connectivity index (χ3v) is 8.97. The van der Waals surface area contributed by atoms with Gasteiger partial charge in [0.2, 0.25) is 0 Å². The molecule has 0 radical (unpaired) electrons. The number of imidazole rings is 2. The van der Waals surface area contributed by atoms with Crippen LogP contribution in [0.3, 0.4) is 0 Å². The summed E-state index contributed by atoms with van der Waals surface area (Å²) in [5, 5.41) is 0. The van der Waals surface area contributed by atoms with Crippen molar-refractivity contribution >= 4 is 33.9 Å². The average molecular weight is 589 g/mol. The Kier molecular flexibility index (Phi) is 6.68. The number of likely N-dealkylation sites (tertiary alicyclic amines) is 2. The Morgan fingerprint density at radius 2 is 1.43 bits per heavy atom. The third-order valence-electron chi connectivity index (χ3n) is 8.97. The lowest BCUT2D eigenvalue weighted by Gasteiger charge is -2.25. The highest BCUT2D eigenvalue weighted by Gasteiger charge is 2.37. The van der Waals surface area contributed by atoms with Crippen molar-refractivity contribution in [2.75, 3.05) is 19.7 Å². The van der Waals surface area contributed by atoms with Gasteiger partial charge in [0.15, 0.2) is 5.76 Å². The molecular formula is C34H32N6O4. The van der Waals surface area contributed by atoms with Crippen LogP contribution in [0.25, 0.3) is 22.1 Å². The number of benzene rings is 2. The number of nitrogens with zero attached hydrogens (tertiary/aromatic N) is 4. The minimum atomic E-state index is -0.316. The van der Waals surface area contributed by atoms with Gasteiger partial charge in [-0.3, -0.25) is 9.59 Å². The maximum absolute atomic E-state index is 13.1. The summed E-state index contributed by atoms with van der Waals surface area (Å²) in [7, 11) is 0. The van der Waals surface area contributed by atoms with Gasteiger partial charge in [0, 0.05) is 30.8 Å². The minimum Gasteiger partial charge on any atom is -0.459 e. The van der Waals surface area contributed by atoms with E-state index in [2.05, 4.69) is 21.8 Å². The number of H-pyrrole nitrogens is 2. The first-order valence-corrected chi connectivity index (χ1v) is 15.4. The Morgan fingerprint density at radius 1 is 0.795 bits per heavy atom. The molecule has 0 saturated carbocycles. The molecule has 2 amide bonds. The first kappa shape index (κ1) is 26.7. The number of aromatic amines is 2. The minimum absolute atomic E-state index is 0.0563. The zero-order valence-electron chi connectivity index (χ0n) is 24.2. The quantitative estimate of drug-likeness (QED) is 0.277. The van der Waals surface area contributed by atoms with Crippen molar-refractivity contribution in [1.82, 2.24) is 29.7 Å². The van der Waals surface area contributed by atoms with Crippen LogP contribution in [0.4, 0.5) is 0 Å². The molecule has 3 fully saturated rings. The fraction of sp³-hybridized carbons (Fsp3) is 0.353. The molecule has 2 aromatic carbocycles. The number of carbonyl (C=O) groups excluding carboxylic acids is 2. The van der Waals surface area contributed by atoms with E-state index in [1.165, 1.54) is 6.26 Å². The largest absolute Gasteiger partial charge is 0.459 e. The van der Waals surface area contributed by atoms with Gasteiger partial charge in [-0.25, -0.2) is 9.97 Å². The van der Waals surface area contributed by atoms with Crippen molar-refractivity contribution in [1.29, 1.82) is 0 Å². The summed E-state index contributed by atoms with van der Waals surface area (Å²) in [6.45, 7) is 2.07. The van der Waals surface area contributed by atoms with Gasteiger partial charge in [-0.2, -0.15) is 0 Å². The second-order valence-electron chi connectivity index (χ2n) is 11.8. The maximum Gasteiger partial charge on any atom is 0.290 e. The van der Waals surface area contributed by atoms with Crippen molar-refractivity contribution < 1.29 is 18.7 Å². The lowest BCUT2D eigenvalue weighted by molar-refractivity contribution is -0.142. The molecule has 3 saturated heterocycles. The van der Waals surface area contributed by atoms with Gasteiger partial charge in [-0.1, -0.05) is 11.8 Å². The van der Waals surface area contributed by atoms with Gasteiger partial charge >= 0.3 is 0 Å². The Morgan fingerprint density at radius 3 is 2.02 bits per heavy atom. The van der Waals surface area contributed by atoms with Gasteiger partial charge in [-0.15, -0.1) is 0 Å². The highest BCUT2D eigenvalue weighted by atomic mass is 16.5. The van der Waals surface area contributed by atoms with Crippen molar-refractivity contribution in [2.24, 2.45) is 0 Å². The van der Waals surface area contributed by atoms with Gasteiger partial charge < -0.3 is 28.9 Å². The van der Waals surface area contributed by atoms with Crippen LogP contribution in [-0.4, -0.2) is 67.4 Å². The molecule has 2 N–H and O–H groups in total. The number of hydrogen-bond acceptors (Lipinski definition) is 6. The smallest absolute Gasteiger partial charge is 0.290 e. The van der Waals surface area contributed by atoms with E-state index in [0.29, 0.717) is 18.9 Å². The van der Waals surface area contributed by atoms with E-state index in [1.807, 2.05) is 46.2 Å². The van der Waals surface area contributed by atoms with E-state index < -0.39 is 0 Å². The molecule has 3 atom stereocenters. The van der Waals surface area contributed by atoms with Crippen molar-refractivity contribution in [3.05, 3.63) is 83.3 Å². The molecule has 0 spiro atoms. The number of rotatable bonds is 4. The monoisotopic (exact) mass is 588 g/mol. The molecule has 6 heterocycles. The molecule has 3 aliphatic heterocycles. The van der Waals surface area contributed by atoms with Gasteiger partial charge in [-0.05, 0) is 87.1 Å². The Labute approximate surface area is 253 Å². The standard InChI is InChI=1S/C34H32N6O4/c41-33(29-7-3-17-43-29)39-15-1-5-27(39)31-35-23-13-11-21(19-25(23)37-31)9-10-22-12-14-24-26(20-22)38-32(36-24)28-6-2-16-40(28)34(42)30-8-4-18-44-30/h3,7,11-14,17,19-20,27-28,30H,1-2,4-6,8,15-16,18H2,(H,35,37)(H,36,38)/t27-,28?,30-/m0/s1. The third kappa shape index (κ3) is 4.83. The number of carbonyl (C=O) groups is 2. The lowest BCUT2D eigenvalue weighted by Crippen LogP contribution is -2.38. The molecule has 44 heavy (non-hydrogen) atoms. The second-order valence-corrected chi connectivity index (χ2v) is 11.8. The van der Waals surface area contributed by atoms with Crippen LogP contribution in [0.2, 0.25) is 0 Å². The molecule has 222 valence electrons. The number of hydrogen-bond donors (Lipinski definition) is 2. The number of fused-ring (bicyclic) bond motifs is 2. The van der Waals surface area contributed by atoms with Crippen LogP contribution in [0.5, 0.6) is 0 Å². The predicted molar refractivity (Wildman–Crippen MR) is 163 cm³/mol. The molecule has 1 unspecified atom stereocenters. The van der Waals surface area contributed by atoms with E-state index in [-0.39, 0.29) is 30.0 Å². The molecule has 3 aliphatic rings. The van der Waals surface area contributed by atoms with Crippen LogP contribution in [0.15, 0.2) is 59.2 Å². The van der Waals surface area contributed by atoms with Crippen molar-refractivity contribution in [3.63, 3.8) is 0 Å². The SMILES string of the molecule is O=C([C@@H]1CCCO1)N1CCCC1c1nc2ccc(C#Cc3ccc4nc([C@@H]5CCCN5C(=O)c5ccco5)[nH]c4c3)cc2[nH]1. The summed E-state index contributed by atoms with van der Waals surface area (Å²) in [6, 6.07) is 15.1. The van der Waals surface area contributed by atoms with E-state index in [4.69, 9.17) is 19.1 Å². The van der Waals surface area contributed by atoms with Crippen LogP contribution >= 0.6 is 0 Å². The zero-order valence-corrected chi connectivity index (χ0v) is 24.2. The number of amides is 2. The summed E-state index contributed by atoms with van der Waals surface area (Å²) in [5.41, 5.74) is 5.23. The first-order valence-electron chi connectivity index (χ1n) is 15.4. The van der Waals surface area contributed by atoms with Crippen molar-refractivity contribution in [2.45, 2.75) is 56.7 Å². The molecule has 10 nitrogen and oxygen atoms in total. The number of nitrogens with one attached hydrogen (secondary N) is 2. The molecule has 8 rings (SSSR count). The number of ether oxygens (including phenoxy) is 1. The fourth-order valence-corrected chi connectivity index (χ4v) is 6.78. The van der Waals surface area contributed by atoms with Crippen molar-refractivity contribution in [3.8, 4) is 11.8 Å². The topological polar surface area (TPSA) is 120 Å². The van der Waals surface area contributed by atoms with E-state index in [0.717, 1.165) is 89.9 Å². The number of aromatic nitrogens is 4. The van der Waals surface area contributed by atoms with E-state index in [1.54, 1.807) is 12.1 Å². The predicted octanol–water partition coefficient (Wildman–Crippen LogP) is 5.25. The number of furan rings is 1. The van der Waals surface area contributed by atoms with Crippen LogP contribution in [-0.2, 0) is 9.53 Å². The highest BCUT2D eigenvalue weighted by molar-refractivity contribution is 5.92. The second kappa shape index (κ2) is 11.0. The summed E-state index contributed by atoms with van der Waals surface area (Å²) in [6.07, 6.45) is 6.55. The lowest BCUT2D eigenvalue weighted by atomic mass is 10.1. The van der Waals surface area contributed by atoms with Crippen LogP contribution in [0.1, 0.15) is 83.9 Å². The zero-order chi connectivity index (χ0) is 29.6. The summed E-state index contributed by atoms with van der Waals surface area (Å²) < 4.78 is 11.0. The summed E-state index contributed by atoms with van der Waals surface area (Å²) >= 11 is 0. The maximum atomic E-state index is 13.1. The first-order chi connectivity index (χ1) is 21.6. The Hall–Kier alpha value is -4.88. The van der Waals surface area contributed by atoms with Gasteiger partial charge in [0.05, 0.1) is 40.4 Å². The average Bonchev–Trinajstić information content (AvgIpc) is 3.89. The summed E-state index contributed by atoms with van der Waals surface area (Å²) in [5.74, 6) is 8.48. The van der Waals surface area contributed by atoms with Crippen LogP contribution in [0, 0.1) is 11.8 Å². The van der Waals surface area contributed by atoms with E-state index >= 15 is 0 Å². The molecule has 5 aromatic rings.